The van der Waals surface area contributed by atoms with Gasteiger partial charge in [0.15, 0.2) is 0 Å². The molecule has 1 aromatic rings. The maximum atomic E-state index is 5.95. The Bertz CT molecular complexity index is 263. The first kappa shape index (κ1) is 9.87. The average molecular weight is 249 g/mol. The molecule has 0 unspecified atom stereocenters. The van der Waals surface area contributed by atoms with Crippen LogP contribution in [-0.2, 0) is 0 Å². The van der Waals surface area contributed by atoms with Gasteiger partial charge in [-0.3, -0.25) is 0 Å². The van der Waals surface area contributed by atoms with Crippen molar-refractivity contribution < 1.29 is 0 Å². The SMILES string of the molecule is CCCNc1cc(Br)ccc1Cl. The summed E-state index contributed by atoms with van der Waals surface area (Å²) in [6.45, 7) is 3.08. The first-order valence-corrected chi connectivity index (χ1v) is 5.10. The van der Waals surface area contributed by atoms with Crippen LogP contribution in [0.15, 0.2) is 22.7 Å². The van der Waals surface area contributed by atoms with E-state index in [1.165, 1.54) is 0 Å². The van der Waals surface area contributed by atoms with Gasteiger partial charge >= 0.3 is 0 Å². The number of benzene rings is 1. The number of hydrogen-bond donors (Lipinski definition) is 1. The predicted octanol–water partition coefficient (Wildman–Crippen LogP) is 3.92. The van der Waals surface area contributed by atoms with E-state index in [1.807, 2.05) is 18.2 Å². The van der Waals surface area contributed by atoms with Gasteiger partial charge in [0.25, 0.3) is 0 Å². The second-order valence-corrected chi connectivity index (χ2v) is 3.87. The zero-order valence-electron chi connectivity index (χ0n) is 6.90. The highest BCUT2D eigenvalue weighted by molar-refractivity contribution is 9.10. The Labute approximate surface area is 86.2 Å². The highest BCUT2D eigenvalue weighted by Crippen LogP contribution is 2.25. The number of rotatable bonds is 3. The topological polar surface area (TPSA) is 12.0 Å². The molecule has 66 valence electrons. The van der Waals surface area contributed by atoms with Crippen molar-refractivity contribution >= 4 is 33.2 Å². The highest BCUT2D eigenvalue weighted by atomic mass is 79.9. The molecule has 12 heavy (non-hydrogen) atoms. The lowest BCUT2D eigenvalue weighted by atomic mass is 10.3. The first-order chi connectivity index (χ1) is 5.74. The van der Waals surface area contributed by atoms with Gasteiger partial charge in [-0.25, -0.2) is 0 Å². The molecule has 0 radical (unpaired) electrons. The van der Waals surface area contributed by atoms with Gasteiger partial charge in [0.2, 0.25) is 0 Å². The minimum absolute atomic E-state index is 0.770. The van der Waals surface area contributed by atoms with E-state index in [1.54, 1.807) is 0 Å². The van der Waals surface area contributed by atoms with Crippen molar-refractivity contribution in [2.24, 2.45) is 0 Å². The predicted molar refractivity (Wildman–Crippen MR) is 57.9 cm³/mol. The molecule has 0 saturated carbocycles. The fraction of sp³-hybridized carbons (Fsp3) is 0.333. The molecule has 3 heteroatoms. The van der Waals surface area contributed by atoms with Crippen LogP contribution < -0.4 is 5.32 Å². The van der Waals surface area contributed by atoms with Gasteiger partial charge < -0.3 is 5.32 Å². The minimum atomic E-state index is 0.770. The van der Waals surface area contributed by atoms with Crippen molar-refractivity contribution in [2.45, 2.75) is 13.3 Å². The zero-order valence-corrected chi connectivity index (χ0v) is 9.24. The molecule has 0 aliphatic rings. The van der Waals surface area contributed by atoms with E-state index in [0.29, 0.717) is 0 Å². The van der Waals surface area contributed by atoms with Crippen LogP contribution in [0, 0.1) is 0 Å². The standard InChI is InChI=1S/C9H11BrClN/c1-2-5-12-9-6-7(10)3-4-8(9)11/h3-4,6,12H,2,5H2,1H3. The molecule has 0 fully saturated rings. The van der Waals surface area contributed by atoms with E-state index < -0.39 is 0 Å². The summed E-state index contributed by atoms with van der Waals surface area (Å²) in [5, 5.41) is 4.01. The van der Waals surface area contributed by atoms with Crippen molar-refractivity contribution in [2.75, 3.05) is 11.9 Å². The average Bonchev–Trinajstić information content (AvgIpc) is 2.07. The maximum Gasteiger partial charge on any atom is 0.0638 e. The normalized spacial score (nSPS) is 9.92. The van der Waals surface area contributed by atoms with E-state index in [9.17, 15) is 0 Å². The van der Waals surface area contributed by atoms with Crippen LogP contribution >= 0.6 is 27.5 Å². The van der Waals surface area contributed by atoms with E-state index in [2.05, 4.69) is 28.2 Å². The summed E-state index contributed by atoms with van der Waals surface area (Å²) in [7, 11) is 0. The fourth-order valence-electron chi connectivity index (χ4n) is 0.893. The molecule has 0 saturated heterocycles. The lowest BCUT2D eigenvalue weighted by molar-refractivity contribution is 0.979. The molecule has 0 aliphatic carbocycles. The van der Waals surface area contributed by atoms with Crippen LogP contribution in [0.1, 0.15) is 13.3 Å². The molecule has 1 nitrogen and oxygen atoms in total. The van der Waals surface area contributed by atoms with Gasteiger partial charge in [0, 0.05) is 11.0 Å². The van der Waals surface area contributed by atoms with Crippen LogP contribution in [0.2, 0.25) is 5.02 Å². The molecule has 0 aliphatic heterocycles. The third-order valence-corrected chi connectivity index (χ3v) is 2.32. The van der Waals surface area contributed by atoms with E-state index in [-0.39, 0.29) is 0 Å². The number of halogens is 2. The Kier molecular flexibility index (Phi) is 3.89. The Morgan fingerprint density at radius 2 is 2.25 bits per heavy atom. The second-order valence-electron chi connectivity index (χ2n) is 2.55. The molecule has 0 atom stereocenters. The molecule has 0 amide bonds. The van der Waals surface area contributed by atoms with Gasteiger partial charge in [-0.2, -0.15) is 0 Å². The molecule has 0 spiro atoms. The summed E-state index contributed by atoms with van der Waals surface area (Å²) >= 11 is 9.34. The van der Waals surface area contributed by atoms with E-state index in [0.717, 1.165) is 28.1 Å². The Balaban J connectivity index is 2.75. The lowest BCUT2D eigenvalue weighted by Crippen LogP contribution is -1.99. The van der Waals surface area contributed by atoms with Gasteiger partial charge in [-0.05, 0) is 24.6 Å². The lowest BCUT2D eigenvalue weighted by Gasteiger charge is -2.06. The van der Waals surface area contributed by atoms with Gasteiger partial charge in [0.05, 0.1) is 10.7 Å². The summed E-state index contributed by atoms with van der Waals surface area (Å²) in [6, 6.07) is 5.79. The number of hydrogen-bond acceptors (Lipinski definition) is 1. The summed E-state index contributed by atoms with van der Waals surface area (Å²) in [5.74, 6) is 0. The maximum absolute atomic E-state index is 5.95. The van der Waals surface area contributed by atoms with Gasteiger partial charge in [-0.15, -0.1) is 0 Å². The third-order valence-electron chi connectivity index (χ3n) is 1.49. The Morgan fingerprint density at radius 1 is 1.50 bits per heavy atom. The molecule has 1 rings (SSSR count). The van der Waals surface area contributed by atoms with Crippen molar-refractivity contribution in [1.29, 1.82) is 0 Å². The van der Waals surface area contributed by atoms with Gasteiger partial charge in [0.1, 0.15) is 0 Å². The van der Waals surface area contributed by atoms with E-state index in [4.69, 9.17) is 11.6 Å². The molecule has 0 heterocycles. The van der Waals surface area contributed by atoms with Crippen LogP contribution in [-0.4, -0.2) is 6.54 Å². The second kappa shape index (κ2) is 4.73. The molecular formula is C9H11BrClN. The Morgan fingerprint density at radius 3 is 2.92 bits per heavy atom. The Hall–Kier alpha value is -0.210. The third kappa shape index (κ3) is 2.68. The fourth-order valence-corrected chi connectivity index (χ4v) is 1.44. The molecule has 0 aromatic heterocycles. The molecule has 1 N–H and O–H groups in total. The molecular weight excluding hydrogens is 237 g/mol. The van der Waals surface area contributed by atoms with Crippen LogP contribution in [0.25, 0.3) is 0 Å². The number of anilines is 1. The summed E-state index contributed by atoms with van der Waals surface area (Å²) < 4.78 is 1.05. The molecule has 1 aromatic carbocycles. The smallest absolute Gasteiger partial charge is 0.0638 e. The van der Waals surface area contributed by atoms with E-state index >= 15 is 0 Å². The zero-order chi connectivity index (χ0) is 8.97. The summed E-state index contributed by atoms with van der Waals surface area (Å²) in [5.41, 5.74) is 0.993. The largest absolute Gasteiger partial charge is 0.384 e. The van der Waals surface area contributed by atoms with Crippen LogP contribution in [0.3, 0.4) is 0 Å². The monoisotopic (exact) mass is 247 g/mol. The first-order valence-electron chi connectivity index (χ1n) is 3.93. The van der Waals surface area contributed by atoms with Gasteiger partial charge in [-0.1, -0.05) is 34.5 Å². The van der Waals surface area contributed by atoms with Crippen LogP contribution in [0.5, 0.6) is 0 Å². The summed E-state index contributed by atoms with van der Waals surface area (Å²) in [4.78, 5) is 0. The minimum Gasteiger partial charge on any atom is -0.384 e. The van der Waals surface area contributed by atoms with Crippen LogP contribution in [0.4, 0.5) is 5.69 Å². The van der Waals surface area contributed by atoms with Crippen molar-refractivity contribution in [3.05, 3.63) is 27.7 Å². The summed E-state index contributed by atoms with van der Waals surface area (Å²) in [6.07, 6.45) is 1.10. The molecule has 0 bridgehead atoms. The van der Waals surface area contributed by atoms with Crippen molar-refractivity contribution in [3.63, 3.8) is 0 Å². The van der Waals surface area contributed by atoms with Crippen molar-refractivity contribution in [1.82, 2.24) is 0 Å². The quantitative estimate of drug-likeness (QED) is 0.855. The number of nitrogens with one attached hydrogen (secondary N) is 1. The highest BCUT2D eigenvalue weighted by Gasteiger charge is 1.98. The van der Waals surface area contributed by atoms with Crippen molar-refractivity contribution in [3.8, 4) is 0 Å².